The third-order valence-electron chi connectivity index (χ3n) is 2.60. The molecular weight excluding hydrogens is 250 g/mol. The molecule has 0 spiro atoms. The Labute approximate surface area is 110 Å². The normalized spacial score (nSPS) is 10.1. The third kappa shape index (κ3) is 2.31. The van der Waals surface area contributed by atoms with Crippen molar-refractivity contribution in [1.82, 2.24) is 0 Å². The van der Waals surface area contributed by atoms with Crippen LogP contribution in [0.3, 0.4) is 0 Å². The summed E-state index contributed by atoms with van der Waals surface area (Å²) in [4.78, 5) is 12.3. The molecule has 0 heterocycles. The lowest BCUT2D eigenvalue weighted by atomic mass is 10.0. The Bertz CT molecular complexity index is 582. The molecule has 18 heavy (non-hydrogen) atoms. The predicted octanol–water partition coefficient (Wildman–Crippen LogP) is 3.16. The Hall–Kier alpha value is -2.00. The van der Waals surface area contributed by atoms with Crippen LogP contribution in [0.4, 0.5) is 5.69 Å². The molecule has 2 N–H and O–H groups in total. The lowest BCUT2D eigenvalue weighted by molar-refractivity contribution is 0.103. The Morgan fingerprint density at radius 1 is 1.22 bits per heavy atom. The van der Waals surface area contributed by atoms with E-state index in [4.69, 9.17) is 22.1 Å². The van der Waals surface area contributed by atoms with E-state index >= 15 is 0 Å². The Morgan fingerprint density at radius 2 is 1.89 bits per heavy atom. The van der Waals surface area contributed by atoms with Gasteiger partial charge in [-0.1, -0.05) is 41.9 Å². The summed E-state index contributed by atoms with van der Waals surface area (Å²) in [5.74, 6) is 0.285. The third-order valence-corrected chi connectivity index (χ3v) is 2.90. The molecule has 0 unspecified atom stereocenters. The van der Waals surface area contributed by atoms with Gasteiger partial charge in [-0.15, -0.1) is 0 Å². The molecule has 0 saturated heterocycles. The maximum Gasteiger partial charge on any atom is 0.195 e. The second kappa shape index (κ2) is 5.10. The molecule has 0 aliphatic carbocycles. The van der Waals surface area contributed by atoms with E-state index in [1.54, 1.807) is 30.3 Å². The molecule has 2 aromatic carbocycles. The molecule has 4 heteroatoms. The van der Waals surface area contributed by atoms with Crippen LogP contribution in [-0.2, 0) is 0 Å². The summed E-state index contributed by atoms with van der Waals surface area (Å²) < 4.78 is 5.09. The smallest absolute Gasteiger partial charge is 0.195 e. The van der Waals surface area contributed by atoms with E-state index in [-0.39, 0.29) is 5.78 Å². The maximum atomic E-state index is 12.3. The van der Waals surface area contributed by atoms with E-state index in [2.05, 4.69) is 0 Å². The van der Waals surface area contributed by atoms with Gasteiger partial charge in [-0.2, -0.15) is 0 Å². The van der Waals surface area contributed by atoms with Crippen molar-refractivity contribution in [3.05, 3.63) is 58.6 Å². The minimum Gasteiger partial charge on any atom is -0.495 e. The molecule has 0 aliphatic rings. The number of nitrogen functional groups attached to an aromatic ring is 1. The minimum absolute atomic E-state index is 0.150. The second-order valence-corrected chi connectivity index (χ2v) is 4.18. The fourth-order valence-corrected chi connectivity index (χ4v) is 1.92. The van der Waals surface area contributed by atoms with Crippen molar-refractivity contribution in [1.29, 1.82) is 0 Å². The van der Waals surface area contributed by atoms with Crippen LogP contribution < -0.4 is 10.5 Å². The molecule has 0 aliphatic heterocycles. The number of carbonyl (C=O) groups is 1. The van der Waals surface area contributed by atoms with Crippen LogP contribution >= 0.6 is 11.6 Å². The van der Waals surface area contributed by atoms with Gasteiger partial charge in [0.2, 0.25) is 0 Å². The van der Waals surface area contributed by atoms with Crippen LogP contribution in [0, 0.1) is 0 Å². The fourth-order valence-electron chi connectivity index (χ4n) is 1.67. The van der Waals surface area contributed by atoms with Crippen molar-refractivity contribution >= 4 is 23.1 Å². The first-order chi connectivity index (χ1) is 8.63. The van der Waals surface area contributed by atoms with Gasteiger partial charge in [0.25, 0.3) is 0 Å². The van der Waals surface area contributed by atoms with Crippen LogP contribution in [-0.4, -0.2) is 12.9 Å². The molecule has 2 aromatic rings. The van der Waals surface area contributed by atoms with E-state index in [9.17, 15) is 4.79 Å². The summed E-state index contributed by atoms with van der Waals surface area (Å²) >= 11 is 5.94. The van der Waals surface area contributed by atoms with E-state index in [0.717, 1.165) is 0 Å². The lowest BCUT2D eigenvalue weighted by Gasteiger charge is -2.09. The van der Waals surface area contributed by atoms with Gasteiger partial charge in [0.1, 0.15) is 5.75 Å². The van der Waals surface area contributed by atoms with E-state index in [1.165, 1.54) is 13.2 Å². The standard InChI is InChI=1S/C14H12ClNO2/c1-18-13-7-10(12(16)8-11(13)15)14(17)9-5-3-2-4-6-9/h2-8H,16H2,1H3. The summed E-state index contributed by atoms with van der Waals surface area (Å²) in [5, 5.41) is 0.389. The molecule has 0 atom stereocenters. The molecule has 2 rings (SSSR count). The van der Waals surface area contributed by atoms with Gasteiger partial charge in [0, 0.05) is 16.8 Å². The van der Waals surface area contributed by atoms with Crippen molar-refractivity contribution in [2.75, 3.05) is 12.8 Å². The number of anilines is 1. The van der Waals surface area contributed by atoms with Crippen LogP contribution in [0.25, 0.3) is 0 Å². The quantitative estimate of drug-likeness (QED) is 0.682. The number of benzene rings is 2. The zero-order valence-electron chi connectivity index (χ0n) is 9.81. The SMILES string of the molecule is COc1cc(C(=O)c2ccccc2)c(N)cc1Cl. The van der Waals surface area contributed by atoms with Crippen molar-refractivity contribution in [2.24, 2.45) is 0 Å². The highest BCUT2D eigenvalue weighted by Gasteiger charge is 2.15. The Morgan fingerprint density at radius 3 is 2.50 bits per heavy atom. The highest BCUT2D eigenvalue weighted by atomic mass is 35.5. The largest absolute Gasteiger partial charge is 0.495 e. The van der Waals surface area contributed by atoms with Gasteiger partial charge in [-0.05, 0) is 12.1 Å². The van der Waals surface area contributed by atoms with Gasteiger partial charge in [-0.3, -0.25) is 4.79 Å². The number of hydrogen-bond acceptors (Lipinski definition) is 3. The highest BCUT2D eigenvalue weighted by Crippen LogP contribution is 2.30. The first kappa shape index (κ1) is 12.5. The van der Waals surface area contributed by atoms with Gasteiger partial charge >= 0.3 is 0 Å². The zero-order chi connectivity index (χ0) is 13.1. The zero-order valence-corrected chi connectivity index (χ0v) is 10.6. The summed E-state index contributed by atoms with van der Waals surface area (Å²) in [7, 11) is 1.49. The minimum atomic E-state index is -0.150. The van der Waals surface area contributed by atoms with Gasteiger partial charge in [0.05, 0.1) is 12.1 Å². The monoisotopic (exact) mass is 261 g/mol. The average molecular weight is 262 g/mol. The number of carbonyl (C=O) groups excluding carboxylic acids is 1. The fraction of sp³-hybridized carbons (Fsp3) is 0.0714. The number of hydrogen-bond donors (Lipinski definition) is 1. The van der Waals surface area contributed by atoms with Gasteiger partial charge in [-0.25, -0.2) is 0 Å². The number of ketones is 1. The van der Waals surface area contributed by atoms with Crippen molar-refractivity contribution in [3.63, 3.8) is 0 Å². The van der Waals surface area contributed by atoms with Crippen LogP contribution in [0.15, 0.2) is 42.5 Å². The molecule has 0 amide bonds. The number of ether oxygens (including phenoxy) is 1. The summed E-state index contributed by atoms with van der Waals surface area (Å²) in [6.45, 7) is 0. The molecule has 0 saturated carbocycles. The highest BCUT2D eigenvalue weighted by molar-refractivity contribution is 6.32. The van der Waals surface area contributed by atoms with Crippen molar-refractivity contribution in [3.8, 4) is 5.75 Å². The second-order valence-electron chi connectivity index (χ2n) is 3.77. The predicted molar refractivity (Wildman–Crippen MR) is 72.3 cm³/mol. The van der Waals surface area contributed by atoms with E-state index < -0.39 is 0 Å². The molecular formula is C14H12ClNO2. The number of rotatable bonds is 3. The number of halogens is 1. The molecule has 92 valence electrons. The van der Waals surface area contributed by atoms with Gasteiger partial charge in [0.15, 0.2) is 5.78 Å². The van der Waals surface area contributed by atoms with E-state index in [1.807, 2.05) is 6.07 Å². The first-order valence-corrected chi connectivity index (χ1v) is 5.74. The molecule has 0 bridgehead atoms. The molecule has 0 fully saturated rings. The van der Waals surface area contributed by atoms with E-state index in [0.29, 0.717) is 27.6 Å². The Balaban J connectivity index is 2.48. The van der Waals surface area contributed by atoms with Gasteiger partial charge < -0.3 is 10.5 Å². The molecule has 0 radical (unpaired) electrons. The van der Waals surface area contributed by atoms with Crippen molar-refractivity contribution < 1.29 is 9.53 Å². The van der Waals surface area contributed by atoms with Crippen LogP contribution in [0.1, 0.15) is 15.9 Å². The topological polar surface area (TPSA) is 52.3 Å². The first-order valence-electron chi connectivity index (χ1n) is 5.36. The average Bonchev–Trinajstić information content (AvgIpc) is 2.39. The summed E-state index contributed by atoms with van der Waals surface area (Å²) in [5.41, 5.74) is 7.13. The van der Waals surface area contributed by atoms with Crippen LogP contribution in [0.2, 0.25) is 5.02 Å². The number of nitrogens with two attached hydrogens (primary N) is 1. The number of methoxy groups -OCH3 is 1. The molecule has 0 aromatic heterocycles. The summed E-state index contributed by atoms with van der Waals surface area (Å²) in [6, 6.07) is 12.0. The van der Waals surface area contributed by atoms with Crippen LogP contribution in [0.5, 0.6) is 5.75 Å². The maximum absolute atomic E-state index is 12.3. The lowest BCUT2D eigenvalue weighted by Crippen LogP contribution is -2.06. The summed E-state index contributed by atoms with van der Waals surface area (Å²) in [6.07, 6.45) is 0. The Kier molecular flexibility index (Phi) is 3.53. The van der Waals surface area contributed by atoms with Crippen molar-refractivity contribution in [2.45, 2.75) is 0 Å². The molecule has 3 nitrogen and oxygen atoms in total.